The molecule has 1 aliphatic rings. The molecule has 0 bridgehead atoms. The van der Waals surface area contributed by atoms with E-state index in [9.17, 15) is 32.7 Å². The molecule has 0 aliphatic carbocycles. The van der Waals surface area contributed by atoms with Crippen LogP contribution in [-0.2, 0) is 10.9 Å². The van der Waals surface area contributed by atoms with Crippen LogP contribution in [0.1, 0.15) is 56.0 Å². The lowest BCUT2D eigenvalue weighted by atomic mass is 10.0. The number of ether oxygens (including phenoxy) is 3. The van der Waals surface area contributed by atoms with Gasteiger partial charge in [0.15, 0.2) is 0 Å². The largest absolute Gasteiger partial charge is 0.497 e. The molecule has 53 heavy (non-hydrogen) atoms. The molecule has 0 aromatic heterocycles. The smallest absolute Gasteiger partial charge is 0.416 e. The molecule has 1 heterocycles. The number of alkyl halides is 3. The third-order valence-electron chi connectivity index (χ3n) is 8.92. The number of carbonyl (C=O) groups is 3. The topological polar surface area (TPSA) is 142 Å². The van der Waals surface area contributed by atoms with Gasteiger partial charge in [0.25, 0.3) is 5.91 Å². The average molecular weight is 744 g/mol. The van der Waals surface area contributed by atoms with Gasteiger partial charge in [0.05, 0.1) is 43.1 Å². The number of halogens is 3. The molecule has 0 unspecified atom stereocenters. The molecule has 15 heteroatoms. The number of amides is 5. The fourth-order valence-corrected chi connectivity index (χ4v) is 5.74. The summed E-state index contributed by atoms with van der Waals surface area (Å²) in [4.78, 5) is 43.4. The van der Waals surface area contributed by atoms with Crippen molar-refractivity contribution in [1.82, 2.24) is 9.80 Å². The molecule has 3 aromatic carbocycles. The third-order valence-corrected chi connectivity index (χ3v) is 8.92. The lowest BCUT2D eigenvalue weighted by Crippen LogP contribution is -2.48. The maximum atomic E-state index is 14.4. The van der Waals surface area contributed by atoms with Gasteiger partial charge in [0, 0.05) is 49.7 Å². The molecular formula is C38H48F3N5O7. The van der Waals surface area contributed by atoms with E-state index in [0.29, 0.717) is 30.2 Å². The number of nitrogens with one attached hydrogen (secondary N) is 3. The van der Waals surface area contributed by atoms with Crippen LogP contribution in [0.4, 0.5) is 39.8 Å². The normalized spacial score (nSPS) is 19.2. The van der Waals surface area contributed by atoms with Crippen molar-refractivity contribution in [2.45, 2.75) is 64.5 Å². The summed E-state index contributed by atoms with van der Waals surface area (Å²) in [7, 11) is 3.22. The van der Waals surface area contributed by atoms with E-state index >= 15 is 0 Å². The Hall–Kier alpha value is -5.02. The summed E-state index contributed by atoms with van der Waals surface area (Å²) in [6.45, 7) is 5.98. The zero-order valence-corrected chi connectivity index (χ0v) is 30.5. The van der Waals surface area contributed by atoms with Crippen LogP contribution in [0.25, 0.3) is 0 Å². The number of aliphatic hydroxyl groups excluding tert-OH is 1. The van der Waals surface area contributed by atoms with Crippen LogP contribution >= 0.6 is 0 Å². The highest BCUT2D eigenvalue weighted by Crippen LogP contribution is 2.31. The predicted molar refractivity (Wildman–Crippen MR) is 196 cm³/mol. The minimum atomic E-state index is -4.51. The Kier molecular flexibility index (Phi) is 14.3. The Bertz CT molecular complexity index is 1670. The number of hydrogen-bond donors (Lipinski definition) is 4. The van der Waals surface area contributed by atoms with E-state index in [0.717, 1.165) is 37.1 Å². The van der Waals surface area contributed by atoms with Gasteiger partial charge in [-0.15, -0.1) is 0 Å². The van der Waals surface area contributed by atoms with E-state index in [1.807, 2.05) is 13.8 Å². The Balaban J connectivity index is 1.55. The van der Waals surface area contributed by atoms with E-state index in [1.165, 1.54) is 15.9 Å². The first-order chi connectivity index (χ1) is 25.2. The van der Waals surface area contributed by atoms with Crippen molar-refractivity contribution >= 4 is 35.0 Å². The number of rotatable bonds is 8. The highest BCUT2D eigenvalue weighted by molar-refractivity contribution is 6.02. The highest BCUT2D eigenvalue weighted by Gasteiger charge is 2.32. The first-order valence-electron chi connectivity index (χ1n) is 17.4. The molecule has 0 spiro atoms. The zero-order valence-electron chi connectivity index (χ0n) is 30.5. The van der Waals surface area contributed by atoms with Crippen LogP contribution in [0, 0.1) is 5.92 Å². The van der Waals surface area contributed by atoms with E-state index in [-0.39, 0.29) is 54.7 Å². The molecule has 0 radical (unpaired) electrons. The van der Waals surface area contributed by atoms with Gasteiger partial charge in [0.1, 0.15) is 11.5 Å². The zero-order chi connectivity index (χ0) is 38.7. The molecule has 4 N–H and O–H groups in total. The second-order valence-corrected chi connectivity index (χ2v) is 13.2. The van der Waals surface area contributed by atoms with E-state index in [1.54, 1.807) is 57.5 Å². The van der Waals surface area contributed by atoms with Gasteiger partial charge in [-0.1, -0.05) is 6.92 Å². The molecular weight excluding hydrogens is 695 g/mol. The van der Waals surface area contributed by atoms with E-state index in [4.69, 9.17) is 14.2 Å². The van der Waals surface area contributed by atoms with Gasteiger partial charge >= 0.3 is 18.2 Å². The second-order valence-electron chi connectivity index (χ2n) is 13.2. The molecule has 12 nitrogen and oxygen atoms in total. The Morgan fingerprint density at radius 1 is 0.981 bits per heavy atom. The van der Waals surface area contributed by atoms with Crippen molar-refractivity contribution in [3.63, 3.8) is 0 Å². The Morgan fingerprint density at radius 3 is 2.25 bits per heavy atom. The molecule has 0 saturated carbocycles. The SMILES string of the molecule is COc1ccc(NC(=O)N(C)C[C@H]2OCCCC[C@@H](C)Oc3ccc(NC(=O)Nc4ccc(C(F)(F)F)cc4)cc3C(=O)N([C@@H](C)CO)C[C@@H]2C)cc1. The number of hydrogen-bond acceptors (Lipinski definition) is 7. The number of carbonyl (C=O) groups excluding carboxylic acids is 3. The van der Waals surface area contributed by atoms with Crippen LogP contribution in [0.15, 0.2) is 66.7 Å². The van der Waals surface area contributed by atoms with Gasteiger partial charge in [-0.3, -0.25) is 4.79 Å². The number of likely N-dealkylation sites (N-methyl/N-ethyl adjacent to an activating group) is 1. The van der Waals surface area contributed by atoms with Crippen LogP contribution in [0.2, 0.25) is 0 Å². The van der Waals surface area contributed by atoms with Gasteiger partial charge in [-0.2, -0.15) is 13.2 Å². The first kappa shape index (κ1) is 40.7. The number of urea groups is 2. The summed E-state index contributed by atoms with van der Waals surface area (Å²) in [6.07, 6.45) is -3.10. The Morgan fingerprint density at radius 2 is 1.60 bits per heavy atom. The van der Waals surface area contributed by atoms with Crippen LogP contribution in [0.3, 0.4) is 0 Å². The van der Waals surface area contributed by atoms with Gasteiger partial charge in [-0.25, -0.2) is 9.59 Å². The quantitative estimate of drug-likeness (QED) is 0.190. The van der Waals surface area contributed by atoms with E-state index < -0.39 is 35.8 Å². The van der Waals surface area contributed by atoms with Crippen LogP contribution in [0.5, 0.6) is 11.5 Å². The summed E-state index contributed by atoms with van der Waals surface area (Å²) in [6, 6.07) is 13.9. The average Bonchev–Trinajstić information content (AvgIpc) is 3.12. The predicted octanol–water partition coefficient (Wildman–Crippen LogP) is 7.32. The minimum absolute atomic E-state index is 0.139. The maximum Gasteiger partial charge on any atom is 0.416 e. The number of aliphatic hydroxyl groups is 1. The molecule has 5 amide bonds. The molecule has 4 rings (SSSR count). The molecule has 3 aromatic rings. The number of anilines is 3. The van der Waals surface area contributed by atoms with Crippen LogP contribution < -0.4 is 25.4 Å². The fourth-order valence-electron chi connectivity index (χ4n) is 5.74. The van der Waals surface area contributed by atoms with E-state index in [2.05, 4.69) is 16.0 Å². The minimum Gasteiger partial charge on any atom is -0.497 e. The summed E-state index contributed by atoms with van der Waals surface area (Å²) >= 11 is 0. The summed E-state index contributed by atoms with van der Waals surface area (Å²) in [5, 5.41) is 18.2. The standard InChI is InChI=1S/C38H48F3N5O7/c1-24-21-46(25(2)23-47)35(48)32-20-30(43-36(49)42-28-11-9-27(10-12-28)38(39,40)41)15-18-33(32)53-26(3)8-6-7-19-52-34(24)22-45(4)37(50)44-29-13-16-31(51-5)17-14-29/h9-18,20,24-26,34,47H,6-8,19,21-23H2,1-5H3,(H,44,50)(H2,42,43,49)/t24-,25-,26+,34+/m0/s1. The first-order valence-corrected chi connectivity index (χ1v) is 17.4. The highest BCUT2D eigenvalue weighted by atomic mass is 19.4. The van der Waals surface area contributed by atoms with Gasteiger partial charge in [-0.05, 0) is 99.8 Å². The summed E-state index contributed by atoms with van der Waals surface area (Å²) in [5.41, 5.74) is 0.256. The van der Waals surface area contributed by atoms with Crippen molar-refractivity contribution in [3.8, 4) is 11.5 Å². The molecule has 4 atom stereocenters. The lowest BCUT2D eigenvalue weighted by Gasteiger charge is -2.35. The monoisotopic (exact) mass is 743 g/mol. The van der Waals surface area contributed by atoms with Crippen molar-refractivity contribution in [2.24, 2.45) is 5.92 Å². The maximum absolute atomic E-state index is 14.4. The molecule has 0 saturated heterocycles. The number of benzene rings is 3. The van der Waals surface area contributed by atoms with Gasteiger partial charge < -0.3 is 45.1 Å². The van der Waals surface area contributed by atoms with Crippen molar-refractivity contribution in [3.05, 3.63) is 77.9 Å². The summed E-state index contributed by atoms with van der Waals surface area (Å²) in [5.74, 6) is 0.187. The van der Waals surface area contributed by atoms with Crippen molar-refractivity contribution in [2.75, 3.05) is 56.4 Å². The van der Waals surface area contributed by atoms with Crippen molar-refractivity contribution in [1.29, 1.82) is 0 Å². The number of methoxy groups -OCH3 is 1. The Labute approximate surface area is 307 Å². The van der Waals surface area contributed by atoms with Crippen LogP contribution in [-0.4, -0.2) is 91.6 Å². The lowest BCUT2D eigenvalue weighted by molar-refractivity contribution is -0.137. The summed E-state index contributed by atoms with van der Waals surface area (Å²) < 4.78 is 56.7. The third kappa shape index (κ3) is 11.7. The molecule has 0 fully saturated rings. The number of nitrogens with zero attached hydrogens (tertiary/aromatic N) is 2. The number of fused-ring (bicyclic) bond motifs is 1. The molecule has 1 aliphatic heterocycles. The molecule has 288 valence electrons. The van der Waals surface area contributed by atoms with Gasteiger partial charge in [0.2, 0.25) is 0 Å². The fraction of sp³-hybridized carbons (Fsp3) is 0.447. The second kappa shape index (κ2) is 18.6. The van der Waals surface area contributed by atoms with Crippen molar-refractivity contribution < 1.29 is 46.9 Å².